The van der Waals surface area contributed by atoms with Gasteiger partial charge in [-0.2, -0.15) is 0 Å². The van der Waals surface area contributed by atoms with E-state index < -0.39 is 12.2 Å². The molecular weight excluding hydrogens is 398 g/mol. The first-order valence-corrected chi connectivity index (χ1v) is 11.5. The average molecular weight is 430 g/mol. The van der Waals surface area contributed by atoms with Gasteiger partial charge in [-0.15, -0.1) is 0 Å². The minimum absolute atomic E-state index is 0.305. The molecule has 1 spiro atoms. The quantitative estimate of drug-likeness (QED) is 0.610. The zero-order valence-corrected chi connectivity index (χ0v) is 18.6. The summed E-state index contributed by atoms with van der Waals surface area (Å²) in [5, 5.41) is 21.6. The number of aryl methyl sites for hydroxylation is 1. The normalized spacial score (nSPS) is 21.0. The predicted octanol–water partition coefficient (Wildman–Crippen LogP) is 5.05. The van der Waals surface area contributed by atoms with Crippen LogP contribution >= 0.6 is 0 Å². The third-order valence-corrected chi connectivity index (χ3v) is 7.02. The number of piperidine rings is 1. The Hall–Kier alpha value is -2.66. The van der Waals surface area contributed by atoms with Crippen LogP contribution in [0.4, 0.5) is 0 Å². The van der Waals surface area contributed by atoms with Crippen LogP contribution in [-0.2, 0) is 0 Å². The second-order valence-corrected chi connectivity index (χ2v) is 9.35. The van der Waals surface area contributed by atoms with Gasteiger partial charge in [-0.1, -0.05) is 66.2 Å². The summed E-state index contributed by atoms with van der Waals surface area (Å²) >= 11 is 0. The van der Waals surface area contributed by atoms with Crippen molar-refractivity contribution in [3.63, 3.8) is 0 Å². The highest BCUT2D eigenvalue weighted by atomic mass is 16.5. The molecule has 0 aromatic heterocycles. The Kier molecular flexibility index (Phi) is 5.76. The van der Waals surface area contributed by atoms with Crippen LogP contribution in [0.15, 0.2) is 72.8 Å². The molecule has 0 aliphatic carbocycles. The minimum atomic E-state index is -0.518. The molecule has 2 N–H and O–H groups in total. The molecular formula is C28H31NO3. The number of β-amino-alcohol motifs (C(OH)–C–C–N with tert-alkyl or cyclic N) is 1. The standard InChI is InChI=1S/C28H31NO3/c1-20-7-12-27-24(17-20)25(30)18-28(32-27)13-15-29(16-14-28)19-26(31)23-10-8-22(9-11-23)21-5-3-2-4-6-21/h2-12,17,25-26,30-31H,13-16,18-19H2,1H3. The van der Waals surface area contributed by atoms with E-state index in [9.17, 15) is 10.2 Å². The lowest BCUT2D eigenvalue weighted by Crippen LogP contribution is -2.51. The van der Waals surface area contributed by atoms with Crippen LogP contribution in [-0.4, -0.2) is 40.3 Å². The molecule has 4 nitrogen and oxygen atoms in total. The molecule has 2 heterocycles. The molecule has 166 valence electrons. The first-order valence-electron chi connectivity index (χ1n) is 11.5. The highest BCUT2D eigenvalue weighted by Crippen LogP contribution is 2.44. The maximum Gasteiger partial charge on any atom is 0.125 e. The van der Waals surface area contributed by atoms with Gasteiger partial charge in [0.2, 0.25) is 0 Å². The van der Waals surface area contributed by atoms with Crippen LogP contribution in [0.2, 0.25) is 0 Å². The average Bonchev–Trinajstić information content (AvgIpc) is 2.82. The Morgan fingerprint density at radius 3 is 2.38 bits per heavy atom. The molecule has 2 aliphatic heterocycles. The van der Waals surface area contributed by atoms with Gasteiger partial charge < -0.3 is 19.8 Å². The molecule has 5 rings (SSSR count). The molecule has 0 saturated carbocycles. The predicted molar refractivity (Wildman–Crippen MR) is 127 cm³/mol. The van der Waals surface area contributed by atoms with Crippen LogP contribution in [0.1, 0.15) is 48.2 Å². The van der Waals surface area contributed by atoms with Gasteiger partial charge >= 0.3 is 0 Å². The Morgan fingerprint density at radius 1 is 0.969 bits per heavy atom. The van der Waals surface area contributed by atoms with Crippen LogP contribution < -0.4 is 4.74 Å². The van der Waals surface area contributed by atoms with E-state index in [4.69, 9.17) is 4.74 Å². The fraction of sp³-hybridized carbons (Fsp3) is 0.357. The van der Waals surface area contributed by atoms with Gasteiger partial charge in [0.15, 0.2) is 0 Å². The molecule has 0 bridgehead atoms. The molecule has 2 unspecified atom stereocenters. The first kappa shape index (κ1) is 21.2. The van der Waals surface area contributed by atoms with Crippen LogP contribution in [0, 0.1) is 6.92 Å². The number of benzene rings is 3. The molecule has 4 heteroatoms. The molecule has 1 saturated heterocycles. The van der Waals surface area contributed by atoms with Gasteiger partial charge in [-0.05, 0) is 48.6 Å². The zero-order valence-electron chi connectivity index (χ0n) is 18.6. The van der Waals surface area contributed by atoms with Crippen molar-refractivity contribution in [2.45, 2.75) is 44.0 Å². The number of hydrogen-bond acceptors (Lipinski definition) is 4. The van der Waals surface area contributed by atoms with Gasteiger partial charge in [0.1, 0.15) is 11.4 Å². The Morgan fingerprint density at radius 2 is 1.66 bits per heavy atom. The van der Waals surface area contributed by atoms with Crippen molar-refractivity contribution in [3.05, 3.63) is 89.5 Å². The molecule has 2 atom stereocenters. The Labute approximate surface area is 190 Å². The van der Waals surface area contributed by atoms with Crippen LogP contribution in [0.5, 0.6) is 5.75 Å². The summed E-state index contributed by atoms with van der Waals surface area (Å²) in [6.45, 7) is 4.36. The monoisotopic (exact) mass is 429 g/mol. The molecule has 0 radical (unpaired) electrons. The molecule has 2 aliphatic rings. The molecule has 0 amide bonds. The van der Waals surface area contributed by atoms with E-state index >= 15 is 0 Å². The summed E-state index contributed by atoms with van der Waals surface area (Å²) in [6.07, 6.45) is 1.36. The molecule has 3 aromatic carbocycles. The van der Waals surface area contributed by atoms with E-state index in [2.05, 4.69) is 29.2 Å². The smallest absolute Gasteiger partial charge is 0.125 e. The number of rotatable bonds is 4. The number of aliphatic hydroxyl groups is 2. The van der Waals surface area contributed by atoms with Gasteiger partial charge in [0.05, 0.1) is 12.2 Å². The fourth-order valence-corrected chi connectivity index (χ4v) is 5.09. The third-order valence-electron chi connectivity index (χ3n) is 7.02. The highest BCUT2D eigenvalue weighted by molar-refractivity contribution is 5.63. The Bertz CT molecular complexity index is 1060. The minimum Gasteiger partial charge on any atom is -0.487 e. The van der Waals surface area contributed by atoms with Crippen molar-refractivity contribution in [3.8, 4) is 16.9 Å². The van der Waals surface area contributed by atoms with E-state index in [1.165, 1.54) is 5.56 Å². The number of aliphatic hydroxyl groups excluding tert-OH is 2. The summed E-state index contributed by atoms with van der Waals surface area (Å²) in [5.41, 5.74) is 5.03. The number of hydrogen-bond donors (Lipinski definition) is 2. The number of ether oxygens (including phenoxy) is 1. The van der Waals surface area contributed by atoms with Crippen molar-refractivity contribution in [1.82, 2.24) is 4.90 Å². The van der Waals surface area contributed by atoms with E-state index in [1.54, 1.807) is 0 Å². The highest BCUT2D eigenvalue weighted by Gasteiger charge is 2.43. The van der Waals surface area contributed by atoms with E-state index in [-0.39, 0.29) is 5.60 Å². The van der Waals surface area contributed by atoms with Crippen molar-refractivity contribution >= 4 is 0 Å². The summed E-state index contributed by atoms with van der Waals surface area (Å²) in [7, 11) is 0. The van der Waals surface area contributed by atoms with Gasteiger partial charge in [0.25, 0.3) is 0 Å². The summed E-state index contributed by atoms with van der Waals surface area (Å²) in [4.78, 5) is 2.31. The number of nitrogens with zero attached hydrogens (tertiary/aromatic N) is 1. The van der Waals surface area contributed by atoms with E-state index in [0.29, 0.717) is 13.0 Å². The maximum absolute atomic E-state index is 10.8. The van der Waals surface area contributed by atoms with E-state index in [1.807, 2.05) is 55.5 Å². The lowest BCUT2D eigenvalue weighted by Gasteiger charge is -2.46. The molecule has 32 heavy (non-hydrogen) atoms. The summed E-state index contributed by atoms with van der Waals surface area (Å²) in [6, 6.07) is 24.6. The summed E-state index contributed by atoms with van der Waals surface area (Å²) in [5.74, 6) is 0.821. The van der Waals surface area contributed by atoms with Gasteiger partial charge in [0, 0.05) is 31.6 Å². The van der Waals surface area contributed by atoms with Gasteiger partial charge in [-0.25, -0.2) is 0 Å². The summed E-state index contributed by atoms with van der Waals surface area (Å²) < 4.78 is 6.43. The first-order chi connectivity index (χ1) is 15.5. The van der Waals surface area contributed by atoms with Crippen molar-refractivity contribution in [2.75, 3.05) is 19.6 Å². The zero-order chi connectivity index (χ0) is 22.1. The lowest BCUT2D eigenvalue weighted by molar-refractivity contribution is -0.0588. The molecule has 1 fully saturated rings. The second kappa shape index (κ2) is 8.70. The topological polar surface area (TPSA) is 52.9 Å². The largest absolute Gasteiger partial charge is 0.487 e. The Balaban J connectivity index is 1.19. The van der Waals surface area contributed by atoms with Gasteiger partial charge in [-0.3, -0.25) is 0 Å². The number of likely N-dealkylation sites (tertiary alicyclic amines) is 1. The van der Waals surface area contributed by atoms with Crippen molar-refractivity contribution < 1.29 is 14.9 Å². The van der Waals surface area contributed by atoms with Crippen molar-refractivity contribution in [1.29, 1.82) is 0 Å². The second-order valence-electron chi connectivity index (χ2n) is 9.35. The lowest BCUT2D eigenvalue weighted by atomic mass is 9.81. The third kappa shape index (κ3) is 4.31. The molecule has 3 aromatic rings. The van der Waals surface area contributed by atoms with Crippen LogP contribution in [0.25, 0.3) is 11.1 Å². The van der Waals surface area contributed by atoms with Crippen LogP contribution in [0.3, 0.4) is 0 Å². The fourth-order valence-electron chi connectivity index (χ4n) is 5.09. The maximum atomic E-state index is 10.8. The number of fused-ring (bicyclic) bond motifs is 1. The SMILES string of the molecule is Cc1ccc2c(c1)C(O)CC1(CCN(CC(O)c3ccc(-c4ccccc4)cc3)CC1)O2. The van der Waals surface area contributed by atoms with E-state index in [0.717, 1.165) is 53.9 Å². The van der Waals surface area contributed by atoms with Crippen molar-refractivity contribution in [2.24, 2.45) is 0 Å².